The lowest BCUT2D eigenvalue weighted by molar-refractivity contribution is 0.572. The summed E-state index contributed by atoms with van der Waals surface area (Å²) >= 11 is 0. The first-order valence-corrected chi connectivity index (χ1v) is 5.73. The van der Waals surface area contributed by atoms with Gasteiger partial charge in [0.1, 0.15) is 5.82 Å². The zero-order chi connectivity index (χ0) is 11.9. The molecule has 1 nitrogen and oxygen atoms in total. The second-order valence-corrected chi connectivity index (χ2v) is 5.33. The van der Waals surface area contributed by atoms with Gasteiger partial charge < -0.3 is 4.98 Å². The summed E-state index contributed by atoms with van der Waals surface area (Å²) in [6.07, 6.45) is 0.864. The predicted octanol–water partition coefficient (Wildman–Crippen LogP) is 4.17. The molecular weight excluding hydrogens is 201 g/mol. The molecule has 1 aromatic carbocycles. The lowest BCUT2D eigenvalue weighted by Crippen LogP contribution is -2.11. The number of aromatic amines is 1. The van der Waals surface area contributed by atoms with Gasteiger partial charge in [0.05, 0.1) is 5.52 Å². The Bertz CT molecular complexity index is 517. The van der Waals surface area contributed by atoms with E-state index in [1.54, 1.807) is 6.07 Å². The van der Waals surface area contributed by atoms with Crippen LogP contribution in [0.2, 0.25) is 0 Å². The number of benzene rings is 1. The van der Waals surface area contributed by atoms with Gasteiger partial charge in [-0.1, -0.05) is 27.7 Å². The van der Waals surface area contributed by atoms with Crippen molar-refractivity contribution in [2.45, 2.75) is 39.5 Å². The maximum atomic E-state index is 13.8. The van der Waals surface area contributed by atoms with Crippen molar-refractivity contribution < 1.29 is 4.39 Å². The van der Waals surface area contributed by atoms with E-state index in [0.29, 0.717) is 5.52 Å². The molecule has 0 unspecified atom stereocenters. The molecule has 0 fully saturated rings. The SMILES string of the molecule is CCc1cc(F)c2[nH]c(C(C)(C)C)cc2c1. The highest BCUT2D eigenvalue weighted by Crippen LogP contribution is 2.28. The first-order chi connectivity index (χ1) is 7.41. The minimum Gasteiger partial charge on any atom is -0.356 e. The lowest BCUT2D eigenvalue weighted by Gasteiger charge is -2.15. The molecule has 86 valence electrons. The van der Waals surface area contributed by atoms with Crippen molar-refractivity contribution in [3.8, 4) is 0 Å². The molecule has 0 aliphatic carbocycles. The van der Waals surface area contributed by atoms with E-state index in [9.17, 15) is 4.39 Å². The van der Waals surface area contributed by atoms with Crippen LogP contribution in [0.4, 0.5) is 4.39 Å². The fourth-order valence-electron chi connectivity index (χ4n) is 1.87. The quantitative estimate of drug-likeness (QED) is 0.741. The minimum atomic E-state index is -0.148. The predicted molar refractivity (Wildman–Crippen MR) is 66.3 cm³/mol. The molecule has 0 atom stereocenters. The van der Waals surface area contributed by atoms with Gasteiger partial charge in [0.15, 0.2) is 0 Å². The van der Waals surface area contributed by atoms with E-state index in [4.69, 9.17) is 0 Å². The van der Waals surface area contributed by atoms with Crippen molar-refractivity contribution in [1.29, 1.82) is 0 Å². The summed E-state index contributed by atoms with van der Waals surface area (Å²) in [6, 6.07) is 5.73. The molecule has 1 heterocycles. The molecule has 0 spiro atoms. The van der Waals surface area contributed by atoms with Crippen LogP contribution in [0, 0.1) is 5.82 Å². The normalized spacial score (nSPS) is 12.3. The third-order valence-corrected chi connectivity index (χ3v) is 2.96. The summed E-state index contributed by atoms with van der Waals surface area (Å²) in [5.41, 5.74) is 2.78. The number of aryl methyl sites for hydroxylation is 1. The van der Waals surface area contributed by atoms with E-state index in [2.05, 4.69) is 37.9 Å². The number of halogens is 1. The third kappa shape index (κ3) is 1.84. The Kier molecular flexibility index (Phi) is 2.53. The Morgan fingerprint density at radius 2 is 1.88 bits per heavy atom. The molecule has 1 N–H and O–H groups in total. The summed E-state index contributed by atoms with van der Waals surface area (Å²) in [5, 5.41) is 0.974. The van der Waals surface area contributed by atoms with E-state index in [1.807, 2.05) is 6.92 Å². The summed E-state index contributed by atoms with van der Waals surface area (Å²) in [7, 11) is 0. The van der Waals surface area contributed by atoms with Crippen LogP contribution < -0.4 is 0 Å². The van der Waals surface area contributed by atoms with Crippen molar-refractivity contribution in [2.75, 3.05) is 0 Å². The van der Waals surface area contributed by atoms with Crippen molar-refractivity contribution >= 4 is 10.9 Å². The number of hydrogen-bond donors (Lipinski definition) is 1. The molecule has 0 radical (unpaired) electrons. The number of fused-ring (bicyclic) bond motifs is 1. The Morgan fingerprint density at radius 3 is 2.44 bits per heavy atom. The van der Waals surface area contributed by atoms with E-state index in [0.717, 1.165) is 23.1 Å². The van der Waals surface area contributed by atoms with Gasteiger partial charge in [-0.05, 0) is 30.2 Å². The van der Waals surface area contributed by atoms with Crippen LogP contribution in [0.5, 0.6) is 0 Å². The van der Waals surface area contributed by atoms with E-state index in [-0.39, 0.29) is 11.2 Å². The smallest absolute Gasteiger partial charge is 0.147 e. The van der Waals surface area contributed by atoms with Gasteiger partial charge in [-0.2, -0.15) is 0 Å². The maximum absolute atomic E-state index is 13.8. The van der Waals surface area contributed by atoms with Crippen molar-refractivity contribution in [1.82, 2.24) is 4.98 Å². The molecule has 0 aliphatic heterocycles. The topological polar surface area (TPSA) is 15.8 Å². The fraction of sp³-hybridized carbons (Fsp3) is 0.429. The molecule has 1 aromatic heterocycles. The van der Waals surface area contributed by atoms with Gasteiger partial charge in [0.25, 0.3) is 0 Å². The third-order valence-electron chi connectivity index (χ3n) is 2.96. The first-order valence-electron chi connectivity index (χ1n) is 5.73. The highest BCUT2D eigenvalue weighted by Gasteiger charge is 2.17. The molecule has 0 amide bonds. The van der Waals surface area contributed by atoms with Crippen molar-refractivity contribution in [3.05, 3.63) is 35.3 Å². The van der Waals surface area contributed by atoms with Crippen molar-refractivity contribution in [2.24, 2.45) is 0 Å². The minimum absolute atomic E-state index is 0.0256. The largest absolute Gasteiger partial charge is 0.356 e. The molecule has 2 heteroatoms. The van der Waals surface area contributed by atoms with Gasteiger partial charge in [-0.3, -0.25) is 0 Å². The number of aromatic nitrogens is 1. The van der Waals surface area contributed by atoms with Crippen LogP contribution >= 0.6 is 0 Å². The summed E-state index contributed by atoms with van der Waals surface area (Å²) in [4.78, 5) is 3.18. The monoisotopic (exact) mass is 219 g/mol. The zero-order valence-corrected chi connectivity index (χ0v) is 10.3. The molecule has 16 heavy (non-hydrogen) atoms. The van der Waals surface area contributed by atoms with E-state index in [1.165, 1.54) is 0 Å². The standard InChI is InChI=1S/C14H18FN/c1-5-9-6-10-8-12(14(2,3)4)16-13(10)11(15)7-9/h6-8,16H,5H2,1-4H3. The van der Waals surface area contributed by atoms with Crippen LogP contribution in [0.15, 0.2) is 18.2 Å². The van der Waals surface area contributed by atoms with Gasteiger partial charge in [0.2, 0.25) is 0 Å². The average Bonchev–Trinajstić information content (AvgIpc) is 2.61. The lowest BCUT2D eigenvalue weighted by atomic mass is 9.92. The fourth-order valence-corrected chi connectivity index (χ4v) is 1.87. The Labute approximate surface area is 95.7 Å². The van der Waals surface area contributed by atoms with Gasteiger partial charge >= 0.3 is 0 Å². The Morgan fingerprint density at radius 1 is 1.19 bits per heavy atom. The zero-order valence-electron chi connectivity index (χ0n) is 10.3. The molecule has 0 saturated carbocycles. The maximum Gasteiger partial charge on any atom is 0.147 e. The Balaban J connectivity index is 2.66. The highest BCUT2D eigenvalue weighted by molar-refractivity contribution is 5.82. The first kappa shape index (κ1) is 11.2. The van der Waals surface area contributed by atoms with E-state index >= 15 is 0 Å². The van der Waals surface area contributed by atoms with Gasteiger partial charge in [0, 0.05) is 16.5 Å². The summed E-state index contributed by atoms with van der Waals surface area (Å²) in [5.74, 6) is -0.148. The van der Waals surface area contributed by atoms with Gasteiger partial charge in [-0.25, -0.2) is 4.39 Å². The molecule has 2 aromatic rings. The highest BCUT2D eigenvalue weighted by atomic mass is 19.1. The Hall–Kier alpha value is -1.31. The number of rotatable bonds is 1. The van der Waals surface area contributed by atoms with Crippen LogP contribution in [0.25, 0.3) is 10.9 Å². The van der Waals surface area contributed by atoms with Crippen molar-refractivity contribution in [3.63, 3.8) is 0 Å². The second-order valence-electron chi connectivity index (χ2n) is 5.33. The van der Waals surface area contributed by atoms with Gasteiger partial charge in [-0.15, -0.1) is 0 Å². The molecule has 0 saturated heterocycles. The average molecular weight is 219 g/mol. The summed E-state index contributed by atoms with van der Waals surface area (Å²) < 4.78 is 13.8. The molecule has 0 bridgehead atoms. The number of hydrogen-bond acceptors (Lipinski definition) is 0. The second kappa shape index (κ2) is 3.62. The van der Waals surface area contributed by atoms with E-state index < -0.39 is 0 Å². The molecule has 0 aliphatic rings. The number of nitrogens with one attached hydrogen (secondary N) is 1. The molecular formula is C14H18FN. The van der Waals surface area contributed by atoms with Crippen LogP contribution in [0.3, 0.4) is 0 Å². The molecule has 2 rings (SSSR count). The number of H-pyrrole nitrogens is 1. The summed E-state index contributed by atoms with van der Waals surface area (Å²) in [6.45, 7) is 8.40. The van der Waals surface area contributed by atoms with Crippen LogP contribution in [-0.2, 0) is 11.8 Å². The van der Waals surface area contributed by atoms with Crippen LogP contribution in [-0.4, -0.2) is 4.98 Å². The van der Waals surface area contributed by atoms with Crippen LogP contribution in [0.1, 0.15) is 39.0 Å².